The fraction of sp³-hybridized carbons (Fsp3) is 0.267. The fourth-order valence-corrected chi connectivity index (χ4v) is 6.34. The van der Waals surface area contributed by atoms with Gasteiger partial charge in [-0.2, -0.15) is 0 Å². The van der Waals surface area contributed by atoms with Crippen molar-refractivity contribution in [3.05, 3.63) is 28.1 Å². The predicted molar refractivity (Wildman–Crippen MR) is 105 cm³/mol. The summed E-state index contributed by atoms with van der Waals surface area (Å²) in [5.74, 6) is 0.114. The summed E-state index contributed by atoms with van der Waals surface area (Å²) in [4.78, 5) is 4.81. The number of rotatable bonds is 3. The van der Waals surface area contributed by atoms with Gasteiger partial charge < -0.3 is 5.32 Å². The Hall–Kier alpha value is -1.62. The molecule has 0 aliphatic carbocycles. The van der Waals surface area contributed by atoms with Crippen LogP contribution in [0.4, 0.5) is 5.69 Å². The van der Waals surface area contributed by atoms with E-state index in [1.807, 2.05) is 6.92 Å². The Morgan fingerprint density at radius 3 is 2.54 bits per heavy atom. The van der Waals surface area contributed by atoms with Gasteiger partial charge in [-0.25, -0.2) is 21.6 Å². The number of anilines is 1. The van der Waals surface area contributed by atoms with Crippen LogP contribution in [0.25, 0.3) is 11.1 Å². The second-order valence-electron chi connectivity index (χ2n) is 5.63. The lowest BCUT2D eigenvalue weighted by Gasteiger charge is -2.20. The number of fused-ring (bicyclic) bond motifs is 1. The molecule has 1 aliphatic heterocycles. The topological polar surface area (TPSA) is 105 Å². The van der Waals surface area contributed by atoms with E-state index in [1.165, 1.54) is 19.2 Å². The summed E-state index contributed by atoms with van der Waals surface area (Å²) in [6.07, 6.45) is 1.69. The molecule has 1 aliphatic rings. The van der Waals surface area contributed by atoms with Gasteiger partial charge in [-0.1, -0.05) is 24.6 Å². The number of aliphatic imine (C=N–C) groups is 1. The Balaban J connectivity index is 2.29. The molecule has 0 fully saturated rings. The minimum Gasteiger partial charge on any atom is -0.323 e. The highest BCUT2D eigenvalue weighted by Gasteiger charge is 2.33. The highest BCUT2D eigenvalue weighted by atomic mass is 35.5. The van der Waals surface area contributed by atoms with Gasteiger partial charge in [0.2, 0.25) is 5.96 Å². The van der Waals surface area contributed by atoms with Crippen LogP contribution in [0.1, 0.15) is 11.8 Å². The van der Waals surface area contributed by atoms with Crippen LogP contribution >= 0.6 is 22.9 Å². The SMILES string of the molecule is CCc1sc2c(c1-c1ccc(S(C)(=O)=O)cc1Cl)NC(=NC)NS2(=O)=O. The van der Waals surface area contributed by atoms with Crippen molar-refractivity contribution in [2.45, 2.75) is 22.4 Å². The number of sulfonamides is 1. The van der Waals surface area contributed by atoms with Crippen LogP contribution in [0.3, 0.4) is 0 Å². The number of nitrogens with one attached hydrogen (secondary N) is 2. The molecule has 11 heteroatoms. The molecule has 0 spiro atoms. The van der Waals surface area contributed by atoms with E-state index in [4.69, 9.17) is 11.6 Å². The molecule has 1 aromatic carbocycles. The molecule has 0 saturated carbocycles. The van der Waals surface area contributed by atoms with Gasteiger partial charge in [0.25, 0.3) is 10.0 Å². The molecule has 140 valence electrons. The smallest absolute Gasteiger partial charge is 0.275 e. The van der Waals surface area contributed by atoms with Crippen molar-refractivity contribution in [2.75, 3.05) is 18.6 Å². The molecule has 26 heavy (non-hydrogen) atoms. The van der Waals surface area contributed by atoms with E-state index < -0.39 is 19.9 Å². The van der Waals surface area contributed by atoms with Crippen LogP contribution in [-0.2, 0) is 26.3 Å². The third kappa shape index (κ3) is 3.22. The van der Waals surface area contributed by atoms with Crippen molar-refractivity contribution >= 4 is 54.4 Å². The summed E-state index contributed by atoms with van der Waals surface area (Å²) in [5, 5.41) is 3.22. The lowest BCUT2D eigenvalue weighted by molar-refractivity contribution is 0.593. The van der Waals surface area contributed by atoms with Crippen molar-refractivity contribution in [3.8, 4) is 11.1 Å². The van der Waals surface area contributed by atoms with E-state index in [1.54, 1.807) is 6.07 Å². The summed E-state index contributed by atoms with van der Waals surface area (Å²) in [7, 11) is -5.66. The third-order valence-electron chi connectivity index (χ3n) is 3.85. The minimum atomic E-state index is -3.73. The van der Waals surface area contributed by atoms with Crippen molar-refractivity contribution in [2.24, 2.45) is 4.99 Å². The molecule has 0 amide bonds. The second-order valence-corrected chi connectivity index (χ2v) is 11.0. The van der Waals surface area contributed by atoms with Crippen LogP contribution in [0, 0.1) is 0 Å². The van der Waals surface area contributed by atoms with E-state index in [9.17, 15) is 16.8 Å². The molecular formula is C15H16ClN3O4S3. The lowest BCUT2D eigenvalue weighted by atomic mass is 10.0. The van der Waals surface area contributed by atoms with Crippen LogP contribution < -0.4 is 10.0 Å². The molecule has 2 heterocycles. The van der Waals surface area contributed by atoms with Crippen LogP contribution in [-0.4, -0.2) is 36.1 Å². The second kappa shape index (κ2) is 6.52. The zero-order chi connectivity index (χ0) is 19.3. The Morgan fingerprint density at radius 1 is 1.31 bits per heavy atom. The summed E-state index contributed by atoms with van der Waals surface area (Å²) in [6, 6.07) is 4.43. The number of nitrogens with zero attached hydrogens (tertiary/aromatic N) is 1. The first-order valence-electron chi connectivity index (χ1n) is 7.50. The van der Waals surface area contributed by atoms with Gasteiger partial charge in [-0.15, -0.1) is 11.3 Å². The maximum atomic E-state index is 12.5. The van der Waals surface area contributed by atoms with E-state index >= 15 is 0 Å². The Labute approximate surface area is 161 Å². The number of thiophene rings is 1. The first kappa shape index (κ1) is 19.2. The molecule has 7 nitrogen and oxygen atoms in total. The van der Waals surface area contributed by atoms with Gasteiger partial charge in [0.05, 0.1) is 10.6 Å². The maximum absolute atomic E-state index is 12.5. The van der Waals surface area contributed by atoms with Crippen LogP contribution in [0.2, 0.25) is 5.02 Å². The highest BCUT2D eigenvalue weighted by molar-refractivity contribution is 7.92. The van der Waals surface area contributed by atoms with Crippen molar-refractivity contribution in [1.29, 1.82) is 0 Å². The van der Waals surface area contributed by atoms with Crippen molar-refractivity contribution < 1.29 is 16.8 Å². The van der Waals surface area contributed by atoms with Gasteiger partial charge in [-0.05, 0) is 18.6 Å². The fourth-order valence-electron chi connectivity index (χ4n) is 2.64. The Kier molecular flexibility index (Phi) is 4.80. The molecule has 0 unspecified atom stereocenters. The molecule has 2 aromatic rings. The largest absolute Gasteiger partial charge is 0.323 e. The Morgan fingerprint density at radius 2 is 2.00 bits per heavy atom. The van der Waals surface area contributed by atoms with E-state index in [0.29, 0.717) is 23.2 Å². The average molecular weight is 434 g/mol. The van der Waals surface area contributed by atoms with Gasteiger partial charge in [0.15, 0.2) is 14.0 Å². The summed E-state index contributed by atoms with van der Waals surface area (Å²) in [6.45, 7) is 1.91. The van der Waals surface area contributed by atoms with Crippen LogP contribution in [0.5, 0.6) is 0 Å². The molecule has 1 aromatic heterocycles. The van der Waals surface area contributed by atoms with E-state index in [-0.39, 0.29) is 20.1 Å². The molecule has 0 saturated heterocycles. The summed E-state index contributed by atoms with van der Waals surface area (Å²) in [5.41, 5.74) is 1.61. The van der Waals surface area contributed by atoms with Gasteiger partial charge in [0.1, 0.15) is 0 Å². The number of halogens is 1. The normalized spacial score (nSPS) is 17.5. The first-order chi connectivity index (χ1) is 12.1. The first-order valence-corrected chi connectivity index (χ1v) is 12.1. The monoisotopic (exact) mass is 433 g/mol. The quantitative estimate of drug-likeness (QED) is 0.774. The summed E-state index contributed by atoms with van der Waals surface area (Å²) >= 11 is 7.51. The zero-order valence-electron chi connectivity index (χ0n) is 14.1. The summed E-state index contributed by atoms with van der Waals surface area (Å²) < 4.78 is 51.0. The van der Waals surface area contributed by atoms with Crippen LogP contribution in [0.15, 0.2) is 32.3 Å². The third-order valence-corrected chi connectivity index (χ3v) is 8.46. The number of aryl methyl sites for hydroxylation is 1. The van der Waals surface area contributed by atoms with E-state index in [2.05, 4.69) is 15.0 Å². The van der Waals surface area contributed by atoms with Gasteiger partial charge in [0, 0.05) is 34.3 Å². The molecule has 2 N–H and O–H groups in total. The lowest BCUT2D eigenvalue weighted by Crippen LogP contribution is -2.39. The maximum Gasteiger partial charge on any atom is 0.275 e. The average Bonchev–Trinajstić information content (AvgIpc) is 2.92. The number of benzene rings is 1. The highest BCUT2D eigenvalue weighted by Crippen LogP contribution is 2.47. The number of hydrogen-bond acceptors (Lipinski definition) is 6. The number of sulfone groups is 1. The molecule has 0 bridgehead atoms. The standard InChI is InChI=1S/C15H16ClN3O4S3/c1-4-11-12(9-6-5-8(7-10(9)16)25(3,20)21)13-14(24-11)26(22,23)19-15(17-2)18-13/h5-7H,4H2,1-3H3,(H2,17,18,19). The van der Waals surface area contributed by atoms with Gasteiger partial charge >= 0.3 is 0 Å². The van der Waals surface area contributed by atoms with Gasteiger partial charge in [-0.3, -0.25) is 4.99 Å². The zero-order valence-corrected chi connectivity index (χ0v) is 17.3. The van der Waals surface area contributed by atoms with E-state index in [0.717, 1.165) is 22.5 Å². The molecular weight excluding hydrogens is 418 g/mol. The molecule has 0 atom stereocenters. The predicted octanol–water partition coefficient (Wildman–Crippen LogP) is 2.72. The van der Waals surface area contributed by atoms with Crippen molar-refractivity contribution in [3.63, 3.8) is 0 Å². The number of hydrogen-bond donors (Lipinski definition) is 2. The molecule has 0 radical (unpaired) electrons. The van der Waals surface area contributed by atoms with Crippen molar-refractivity contribution in [1.82, 2.24) is 4.72 Å². The molecule has 3 rings (SSSR count). The Bertz CT molecular complexity index is 1140. The minimum absolute atomic E-state index is 0.103. The number of guanidine groups is 1.